The van der Waals surface area contributed by atoms with Gasteiger partial charge in [-0.2, -0.15) is 0 Å². The maximum Gasteiger partial charge on any atom is 0.223 e. The predicted molar refractivity (Wildman–Crippen MR) is 66.3 cm³/mol. The number of carbonyl (C=O) groups is 1. The number of hydrogen-bond acceptors (Lipinski definition) is 3. The fourth-order valence-electron chi connectivity index (χ4n) is 2.36. The van der Waals surface area contributed by atoms with Crippen molar-refractivity contribution in [2.24, 2.45) is 11.7 Å². The lowest BCUT2D eigenvalue weighted by Gasteiger charge is -2.24. The zero-order valence-electron chi connectivity index (χ0n) is 10.2. The van der Waals surface area contributed by atoms with Crippen LogP contribution in [-0.4, -0.2) is 34.9 Å². The fourth-order valence-corrected chi connectivity index (χ4v) is 2.36. The minimum absolute atomic E-state index is 0.225. The van der Waals surface area contributed by atoms with Gasteiger partial charge in [0.15, 0.2) is 0 Å². The summed E-state index contributed by atoms with van der Waals surface area (Å²) in [5.74, 6) is 0.565. The molecular formula is C13H19N3O. The number of amides is 1. The Morgan fingerprint density at radius 3 is 3.06 bits per heavy atom. The number of likely N-dealkylation sites (tertiary alicyclic amines) is 1. The summed E-state index contributed by atoms with van der Waals surface area (Å²) in [5.41, 5.74) is 6.79. The van der Waals surface area contributed by atoms with Crippen LogP contribution in [0.1, 0.15) is 18.9 Å². The Bertz CT molecular complexity index is 380. The van der Waals surface area contributed by atoms with Crippen molar-refractivity contribution in [2.75, 3.05) is 13.1 Å². The zero-order chi connectivity index (χ0) is 12.3. The van der Waals surface area contributed by atoms with Gasteiger partial charge in [-0.3, -0.25) is 9.78 Å². The Hall–Kier alpha value is -1.42. The molecule has 2 unspecified atom stereocenters. The fraction of sp³-hybridized carbons (Fsp3) is 0.538. The number of rotatable bonds is 4. The van der Waals surface area contributed by atoms with Gasteiger partial charge in [0.05, 0.1) is 0 Å². The average molecular weight is 233 g/mol. The first-order valence-electron chi connectivity index (χ1n) is 6.09. The summed E-state index contributed by atoms with van der Waals surface area (Å²) in [7, 11) is 0. The van der Waals surface area contributed by atoms with E-state index in [4.69, 9.17) is 5.73 Å². The molecule has 0 spiro atoms. The summed E-state index contributed by atoms with van der Waals surface area (Å²) in [6.45, 7) is 3.49. The molecule has 1 aromatic rings. The van der Waals surface area contributed by atoms with Crippen molar-refractivity contribution in [1.29, 1.82) is 0 Å². The molecule has 0 aromatic carbocycles. The van der Waals surface area contributed by atoms with Gasteiger partial charge < -0.3 is 10.6 Å². The first-order valence-corrected chi connectivity index (χ1v) is 6.09. The molecule has 0 bridgehead atoms. The quantitative estimate of drug-likeness (QED) is 0.837. The summed E-state index contributed by atoms with van der Waals surface area (Å²) in [6, 6.07) is 4.20. The smallest absolute Gasteiger partial charge is 0.223 e. The van der Waals surface area contributed by atoms with Crippen molar-refractivity contribution < 1.29 is 4.79 Å². The molecule has 4 nitrogen and oxygen atoms in total. The summed E-state index contributed by atoms with van der Waals surface area (Å²) >= 11 is 0. The third-order valence-electron chi connectivity index (χ3n) is 3.36. The third kappa shape index (κ3) is 2.82. The summed E-state index contributed by atoms with van der Waals surface area (Å²) in [4.78, 5) is 17.9. The Kier molecular flexibility index (Phi) is 3.74. The van der Waals surface area contributed by atoms with Crippen LogP contribution < -0.4 is 5.73 Å². The van der Waals surface area contributed by atoms with Crippen LogP contribution in [0.25, 0.3) is 0 Å². The topological polar surface area (TPSA) is 59.2 Å². The highest BCUT2D eigenvalue weighted by molar-refractivity contribution is 5.79. The Balaban J connectivity index is 1.97. The van der Waals surface area contributed by atoms with Gasteiger partial charge in [-0.1, -0.05) is 6.07 Å². The zero-order valence-corrected chi connectivity index (χ0v) is 10.2. The van der Waals surface area contributed by atoms with Gasteiger partial charge in [0.1, 0.15) is 0 Å². The monoisotopic (exact) mass is 233 g/mol. The van der Waals surface area contributed by atoms with Gasteiger partial charge in [0.25, 0.3) is 0 Å². The van der Waals surface area contributed by atoms with Crippen molar-refractivity contribution >= 4 is 5.91 Å². The van der Waals surface area contributed by atoms with Crippen LogP contribution in [0.4, 0.5) is 0 Å². The SMILES string of the molecule is CC(Cc1cccnc1)N1CC(CN)CC1=O. The van der Waals surface area contributed by atoms with Gasteiger partial charge >= 0.3 is 0 Å². The standard InChI is InChI=1S/C13H19N3O/c1-10(5-11-3-2-4-15-8-11)16-9-12(7-14)6-13(16)17/h2-4,8,10,12H,5-7,9,14H2,1H3. The molecule has 0 aliphatic carbocycles. The van der Waals surface area contributed by atoms with Crippen molar-refractivity contribution in [1.82, 2.24) is 9.88 Å². The predicted octanol–water partition coefficient (Wildman–Crippen LogP) is 0.820. The van der Waals surface area contributed by atoms with E-state index in [2.05, 4.69) is 11.9 Å². The molecule has 1 amide bonds. The van der Waals surface area contributed by atoms with Gasteiger partial charge in [0.2, 0.25) is 5.91 Å². The van der Waals surface area contributed by atoms with Gasteiger partial charge in [-0.05, 0) is 37.4 Å². The molecule has 1 saturated heterocycles. The molecule has 0 saturated carbocycles. The van der Waals surface area contributed by atoms with Crippen molar-refractivity contribution in [3.05, 3.63) is 30.1 Å². The molecule has 92 valence electrons. The third-order valence-corrected chi connectivity index (χ3v) is 3.36. The highest BCUT2D eigenvalue weighted by Crippen LogP contribution is 2.20. The van der Waals surface area contributed by atoms with E-state index in [0.717, 1.165) is 13.0 Å². The van der Waals surface area contributed by atoms with E-state index >= 15 is 0 Å². The van der Waals surface area contributed by atoms with Crippen LogP contribution in [0.5, 0.6) is 0 Å². The number of hydrogen-bond donors (Lipinski definition) is 1. The van der Waals surface area contributed by atoms with Crippen molar-refractivity contribution in [3.8, 4) is 0 Å². The van der Waals surface area contributed by atoms with E-state index in [1.807, 2.05) is 23.2 Å². The number of nitrogens with two attached hydrogens (primary N) is 1. The van der Waals surface area contributed by atoms with Crippen LogP contribution in [0, 0.1) is 5.92 Å². The first-order chi connectivity index (χ1) is 8.20. The molecule has 1 aliphatic heterocycles. The second kappa shape index (κ2) is 5.27. The van der Waals surface area contributed by atoms with E-state index < -0.39 is 0 Å². The molecule has 0 radical (unpaired) electrons. The summed E-state index contributed by atoms with van der Waals surface area (Å²) in [5, 5.41) is 0. The van der Waals surface area contributed by atoms with E-state index in [9.17, 15) is 4.79 Å². The second-order valence-electron chi connectivity index (χ2n) is 4.77. The van der Waals surface area contributed by atoms with Crippen molar-refractivity contribution in [3.63, 3.8) is 0 Å². The minimum atomic E-state index is 0.225. The number of pyridine rings is 1. The second-order valence-corrected chi connectivity index (χ2v) is 4.77. The number of nitrogens with zero attached hydrogens (tertiary/aromatic N) is 2. The number of aromatic nitrogens is 1. The molecule has 2 atom stereocenters. The Labute approximate surface area is 102 Å². The molecule has 4 heteroatoms. The van der Waals surface area contributed by atoms with Gasteiger partial charge in [0, 0.05) is 31.4 Å². The van der Waals surface area contributed by atoms with Crippen LogP contribution in [-0.2, 0) is 11.2 Å². The molecule has 2 rings (SSSR count). The number of carbonyl (C=O) groups excluding carboxylic acids is 1. The van der Waals surface area contributed by atoms with Gasteiger partial charge in [-0.25, -0.2) is 0 Å². The Morgan fingerprint density at radius 1 is 1.65 bits per heavy atom. The normalized spacial score (nSPS) is 21.9. The molecule has 17 heavy (non-hydrogen) atoms. The average Bonchev–Trinajstić information content (AvgIpc) is 2.72. The lowest BCUT2D eigenvalue weighted by Crippen LogP contribution is -2.36. The van der Waals surface area contributed by atoms with E-state index in [1.54, 1.807) is 6.20 Å². The molecule has 1 aliphatic rings. The van der Waals surface area contributed by atoms with Crippen LogP contribution in [0.3, 0.4) is 0 Å². The molecule has 2 N–H and O–H groups in total. The maximum atomic E-state index is 11.8. The summed E-state index contributed by atoms with van der Waals surface area (Å²) < 4.78 is 0. The lowest BCUT2D eigenvalue weighted by atomic mass is 10.1. The van der Waals surface area contributed by atoms with Crippen LogP contribution in [0.15, 0.2) is 24.5 Å². The lowest BCUT2D eigenvalue weighted by molar-refractivity contribution is -0.129. The summed E-state index contributed by atoms with van der Waals surface area (Å²) in [6.07, 6.45) is 5.09. The molecule has 1 fully saturated rings. The first kappa shape index (κ1) is 12.0. The molecule has 2 heterocycles. The van der Waals surface area contributed by atoms with E-state index in [1.165, 1.54) is 5.56 Å². The molecular weight excluding hydrogens is 214 g/mol. The van der Waals surface area contributed by atoms with E-state index in [-0.39, 0.29) is 11.9 Å². The van der Waals surface area contributed by atoms with Crippen LogP contribution in [0.2, 0.25) is 0 Å². The van der Waals surface area contributed by atoms with E-state index in [0.29, 0.717) is 18.9 Å². The largest absolute Gasteiger partial charge is 0.339 e. The highest BCUT2D eigenvalue weighted by atomic mass is 16.2. The van der Waals surface area contributed by atoms with Crippen LogP contribution >= 0.6 is 0 Å². The maximum absolute atomic E-state index is 11.8. The van der Waals surface area contributed by atoms with Crippen molar-refractivity contribution in [2.45, 2.75) is 25.8 Å². The molecule has 1 aromatic heterocycles. The Morgan fingerprint density at radius 2 is 2.47 bits per heavy atom. The van der Waals surface area contributed by atoms with Gasteiger partial charge in [-0.15, -0.1) is 0 Å². The minimum Gasteiger partial charge on any atom is -0.339 e. The highest BCUT2D eigenvalue weighted by Gasteiger charge is 2.31.